The number of nitrogens with one attached hydrogen (secondary N) is 1. The van der Waals surface area contributed by atoms with Crippen molar-refractivity contribution in [1.82, 2.24) is 30.6 Å². The van der Waals surface area contributed by atoms with Gasteiger partial charge in [0.25, 0.3) is 0 Å². The van der Waals surface area contributed by atoms with Gasteiger partial charge in [0.05, 0.1) is 24.9 Å². The summed E-state index contributed by atoms with van der Waals surface area (Å²) < 4.78 is 7.31. The minimum atomic E-state index is 0.0390. The lowest BCUT2D eigenvalue weighted by Crippen LogP contribution is -2.48. The molecule has 0 bridgehead atoms. The Balaban J connectivity index is 1.94. The molecule has 1 N–H and O–H groups in total. The van der Waals surface area contributed by atoms with Gasteiger partial charge in [-0.3, -0.25) is 0 Å². The van der Waals surface area contributed by atoms with Crippen LogP contribution in [0, 0.1) is 19.8 Å². The van der Waals surface area contributed by atoms with Crippen LogP contribution >= 0.6 is 0 Å². The highest BCUT2D eigenvalue weighted by molar-refractivity contribution is 5.46. The highest BCUT2D eigenvalue weighted by Crippen LogP contribution is 2.25. The summed E-state index contributed by atoms with van der Waals surface area (Å²) in [6.45, 7) is 11.8. The van der Waals surface area contributed by atoms with Crippen molar-refractivity contribution in [2.75, 3.05) is 26.3 Å². The maximum atomic E-state index is 5.43. The van der Waals surface area contributed by atoms with Crippen LogP contribution in [0.1, 0.15) is 36.8 Å². The van der Waals surface area contributed by atoms with E-state index in [9.17, 15) is 0 Å². The van der Waals surface area contributed by atoms with Crippen LogP contribution in [0.2, 0.25) is 0 Å². The average Bonchev–Trinajstić information content (AvgIpc) is 3.02. The number of aromatic nitrogens is 4. The van der Waals surface area contributed by atoms with Crippen molar-refractivity contribution in [2.24, 2.45) is 5.92 Å². The monoisotopic (exact) mass is 330 g/mol. The highest BCUT2D eigenvalue weighted by atomic mass is 16.5. The van der Waals surface area contributed by atoms with Crippen LogP contribution < -0.4 is 5.43 Å². The van der Waals surface area contributed by atoms with Crippen LogP contribution in [-0.2, 0) is 4.74 Å². The molecule has 1 aliphatic rings. The van der Waals surface area contributed by atoms with Crippen LogP contribution in [-0.4, -0.2) is 51.5 Å². The van der Waals surface area contributed by atoms with Gasteiger partial charge in [-0.2, -0.15) is 4.68 Å². The molecule has 1 aromatic carbocycles. The Morgan fingerprint density at radius 3 is 2.42 bits per heavy atom. The van der Waals surface area contributed by atoms with Crippen LogP contribution in [0.3, 0.4) is 0 Å². The van der Waals surface area contributed by atoms with E-state index >= 15 is 0 Å². The Morgan fingerprint density at radius 2 is 1.79 bits per heavy atom. The third-order valence-electron chi connectivity index (χ3n) is 4.42. The molecule has 24 heavy (non-hydrogen) atoms. The topological polar surface area (TPSA) is 68.1 Å². The third-order valence-corrected chi connectivity index (χ3v) is 4.42. The molecule has 2 heterocycles. The Labute approximate surface area is 143 Å². The van der Waals surface area contributed by atoms with E-state index in [1.54, 1.807) is 0 Å². The largest absolute Gasteiger partial charge is 0.379 e. The molecule has 0 amide bonds. The van der Waals surface area contributed by atoms with Gasteiger partial charge in [-0.15, -0.1) is 5.10 Å². The molecule has 1 atom stereocenters. The molecule has 7 heteroatoms. The van der Waals surface area contributed by atoms with E-state index in [1.165, 1.54) is 0 Å². The molecular formula is C17H26N6O. The highest BCUT2D eigenvalue weighted by Gasteiger charge is 2.27. The number of tetrazole rings is 1. The van der Waals surface area contributed by atoms with Crippen LogP contribution in [0.25, 0.3) is 5.69 Å². The van der Waals surface area contributed by atoms with Gasteiger partial charge in [-0.1, -0.05) is 32.0 Å². The van der Waals surface area contributed by atoms with E-state index in [-0.39, 0.29) is 6.04 Å². The van der Waals surface area contributed by atoms with E-state index in [2.05, 4.69) is 71.9 Å². The summed E-state index contributed by atoms with van der Waals surface area (Å²) in [6.07, 6.45) is 0. The van der Waals surface area contributed by atoms with Crippen molar-refractivity contribution < 1.29 is 4.74 Å². The Morgan fingerprint density at radius 1 is 1.12 bits per heavy atom. The number of hydrazine groups is 1. The first-order valence-corrected chi connectivity index (χ1v) is 8.51. The van der Waals surface area contributed by atoms with Crippen LogP contribution in [0.15, 0.2) is 18.2 Å². The van der Waals surface area contributed by atoms with Gasteiger partial charge < -0.3 is 4.74 Å². The van der Waals surface area contributed by atoms with Crippen LogP contribution in [0.5, 0.6) is 0 Å². The lowest BCUT2D eigenvalue weighted by molar-refractivity contribution is -0.00208. The predicted octanol–water partition coefficient (Wildman–Crippen LogP) is 1.81. The number of para-hydroxylation sites is 1. The molecule has 1 fully saturated rings. The molecule has 3 rings (SSSR count). The Hall–Kier alpha value is -1.83. The summed E-state index contributed by atoms with van der Waals surface area (Å²) in [5.74, 6) is 1.19. The van der Waals surface area contributed by atoms with Crippen LogP contribution in [0.4, 0.5) is 0 Å². The van der Waals surface area contributed by atoms with Crippen molar-refractivity contribution in [2.45, 2.75) is 33.7 Å². The van der Waals surface area contributed by atoms with Gasteiger partial charge in [0, 0.05) is 13.1 Å². The first-order chi connectivity index (χ1) is 11.6. The molecule has 1 aliphatic heterocycles. The predicted molar refractivity (Wildman–Crippen MR) is 91.7 cm³/mol. The Kier molecular flexibility index (Phi) is 5.23. The summed E-state index contributed by atoms with van der Waals surface area (Å²) in [5, 5.41) is 14.8. The van der Waals surface area contributed by atoms with Gasteiger partial charge in [0.1, 0.15) is 0 Å². The lowest BCUT2D eigenvalue weighted by Gasteiger charge is -2.32. The molecule has 1 saturated heterocycles. The number of morpholine rings is 1. The standard InChI is InChI=1S/C17H26N6O/c1-12(2)15(19-22-8-10-24-11-9-22)17-18-20-21-23(17)16-13(3)6-5-7-14(16)4/h5-7,12,15,19H,8-11H2,1-4H3/t15-/m0/s1. The van der Waals surface area contributed by atoms with E-state index in [1.807, 2.05) is 4.68 Å². The zero-order chi connectivity index (χ0) is 17.1. The molecule has 1 aromatic heterocycles. The van der Waals surface area contributed by atoms with Crippen molar-refractivity contribution in [1.29, 1.82) is 0 Å². The van der Waals surface area contributed by atoms with E-state index < -0.39 is 0 Å². The summed E-state index contributed by atoms with van der Waals surface area (Å²) in [7, 11) is 0. The first-order valence-electron chi connectivity index (χ1n) is 8.51. The normalized spacial score (nSPS) is 17.4. The lowest BCUT2D eigenvalue weighted by atomic mass is 10.0. The second kappa shape index (κ2) is 7.38. The molecule has 130 valence electrons. The fraction of sp³-hybridized carbons (Fsp3) is 0.588. The second-order valence-corrected chi connectivity index (χ2v) is 6.64. The molecule has 0 saturated carbocycles. The number of aryl methyl sites for hydroxylation is 2. The molecule has 0 radical (unpaired) electrons. The van der Waals surface area contributed by atoms with Crippen molar-refractivity contribution in [3.63, 3.8) is 0 Å². The van der Waals surface area contributed by atoms with Crippen molar-refractivity contribution in [3.05, 3.63) is 35.2 Å². The van der Waals surface area contributed by atoms with Crippen molar-refractivity contribution >= 4 is 0 Å². The van der Waals surface area contributed by atoms with E-state index in [0.29, 0.717) is 5.92 Å². The fourth-order valence-electron chi connectivity index (χ4n) is 3.08. The maximum Gasteiger partial charge on any atom is 0.175 e. The number of rotatable bonds is 5. The number of nitrogens with zero attached hydrogens (tertiary/aromatic N) is 5. The summed E-state index contributed by atoms with van der Waals surface area (Å²) in [5.41, 5.74) is 6.99. The summed E-state index contributed by atoms with van der Waals surface area (Å²) in [6, 6.07) is 6.28. The zero-order valence-electron chi connectivity index (χ0n) is 14.9. The summed E-state index contributed by atoms with van der Waals surface area (Å²) >= 11 is 0. The van der Waals surface area contributed by atoms with Gasteiger partial charge in [-0.05, 0) is 41.3 Å². The fourth-order valence-corrected chi connectivity index (χ4v) is 3.08. The third kappa shape index (κ3) is 3.48. The number of hydrogen-bond donors (Lipinski definition) is 1. The summed E-state index contributed by atoms with van der Waals surface area (Å²) in [4.78, 5) is 0. The number of ether oxygens (including phenoxy) is 1. The number of benzene rings is 1. The van der Waals surface area contributed by atoms with Gasteiger partial charge in [0.15, 0.2) is 5.82 Å². The molecule has 0 unspecified atom stereocenters. The first kappa shape index (κ1) is 17.0. The minimum absolute atomic E-state index is 0.0390. The van der Waals surface area contributed by atoms with Gasteiger partial charge >= 0.3 is 0 Å². The number of hydrogen-bond acceptors (Lipinski definition) is 6. The van der Waals surface area contributed by atoms with E-state index in [0.717, 1.165) is 48.9 Å². The van der Waals surface area contributed by atoms with E-state index in [4.69, 9.17) is 4.74 Å². The second-order valence-electron chi connectivity index (χ2n) is 6.64. The molecule has 2 aromatic rings. The molecule has 7 nitrogen and oxygen atoms in total. The SMILES string of the molecule is Cc1cccc(C)c1-n1nnnc1[C@@H](NN1CCOCC1)C(C)C. The smallest absolute Gasteiger partial charge is 0.175 e. The Bertz CT molecular complexity index is 657. The zero-order valence-corrected chi connectivity index (χ0v) is 14.9. The molecular weight excluding hydrogens is 304 g/mol. The molecule has 0 spiro atoms. The average molecular weight is 330 g/mol. The minimum Gasteiger partial charge on any atom is -0.379 e. The molecule has 0 aliphatic carbocycles. The van der Waals surface area contributed by atoms with Gasteiger partial charge in [-0.25, -0.2) is 10.4 Å². The quantitative estimate of drug-likeness (QED) is 0.902. The maximum absolute atomic E-state index is 5.43. The van der Waals surface area contributed by atoms with Crippen molar-refractivity contribution in [3.8, 4) is 5.69 Å². The van der Waals surface area contributed by atoms with Gasteiger partial charge in [0.2, 0.25) is 0 Å².